The Morgan fingerprint density at radius 3 is 2.52 bits per heavy atom. The summed E-state index contributed by atoms with van der Waals surface area (Å²) in [6.45, 7) is 3.87. The van der Waals surface area contributed by atoms with Gasteiger partial charge in [-0.2, -0.15) is 0 Å². The zero-order valence-electron chi connectivity index (χ0n) is 13.1. The predicted octanol–water partition coefficient (Wildman–Crippen LogP) is 2.81. The number of benzene rings is 2. The molecule has 6 heteroatoms. The van der Waals surface area contributed by atoms with Crippen LogP contribution in [0.4, 0.5) is 15.8 Å². The van der Waals surface area contributed by atoms with Crippen molar-refractivity contribution in [1.29, 1.82) is 0 Å². The maximum Gasteiger partial charge on any atom is 0.246 e. The summed E-state index contributed by atoms with van der Waals surface area (Å²) < 4.78 is 13.0. The summed E-state index contributed by atoms with van der Waals surface area (Å²) >= 11 is 0. The first-order valence-electron chi connectivity index (χ1n) is 7.13. The van der Waals surface area contributed by atoms with Crippen LogP contribution in [0.3, 0.4) is 0 Å². The fourth-order valence-electron chi connectivity index (χ4n) is 1.93. The number of hydrogen-bond donors (Lipinski definition) is 3. The van der Waals surface area contributed by atoms with E-state index in [0.29, 0.717) is 5.69 Å². The Morgan fingerprint density at radius 2 is 1.83 bits per heavy atom. The van der Waals surface area contributed by atoms with Gasteiger partial charge >= 0.3 is 0 Å². The summed E-state index contributed by atoms with van der Waals surface area (Å²) in [6, 6.07) is 11.5. The molecule has 0 spiro atoms. The lowest BCUT2D eigenvalue weighted by Gasteiger charge is -2.08. The van der Waals surface area contributed by atoms with Gasteiger partial charge in [0.25, 0.3) is 0 Å². The molecule has 0 bridgehead atoms. The van der Waals surface area contributed by atoms with Crippen LogP contribution in [0.25, 0.3) is 0 Å². The lowest BCUT2D eigenvalue weighted by atomic mass is 10.1. The van der Waals surface area contributed by atoms with Gasteiger partial charge in [0, 0.05) is 11.4 Å². The van der Waals surface area contributed by atoms with Gasteiger partial charge in [-0.1, -0.05) is 12.1 Å². The lowest BCUT2D eigenvalue weighted by molar-refractivity contribution is -0.114. The summed E-state index contributed by atoms with van der Waals surface area (Å²) in [5, 5.41) is 5.48. The van der Waals surface area contributed by atoms with E-state index in [2.05, 4.69) is 15.6 Å². The van der Waals surface area contributed by atoms with E-state index in [-0.39, 0.29) is 18.4 Å². The maximum atomic E-state index is 13.0. The van der Waals surface area contributed by atoms with Crippen molar-refractivity contribution in [1.82, 2.24) is 0 Å². The van der Waals surface area contributed by atoms with Crippen LogP contribution in [0.15, 0.2) is 47.5 Å². The number of hydrogen-bond acceptors (Lipinski definition) is 2. The number of aliphatic imine (C=N–C) groups is 1. The van der Waals surface area contributed by atoms with Crippen LogP contribution in [-0.2, 0) is 4.79 Å². The van der Waals surface area contributed by atoms with E-state index in [1.807, 2.05) is 32.0 Å². The third kappa shape index (κ3) is 5.10. The fourth-order valence-corrected chi connectivity index (χ4v) is 1.93. The predicted molar refractivity (Wildman–Crippen MR) is 91.1 cm³/mol. The minimum Gasteiger partial charge on any atom is -0.370 e. The van der Waals surface area contributed by atoms with Crippen LogP contribution in [0.1, 0.15) is 11.1 Å². The average molecular weight is 314 g/mol. The van der Waals surface area contributed by atoms with E-state index in [9.17, 15) is 9.18 Å². The summed E-state index contributed by atoms with van der Waals surface area (Å²) in [5.74, 6) is -0.648. The molecule has 23 heavy (non-hydrogen) atoms. The van der Waals surface area contributed by atoms with Crippen molar-refractivity contribution in [3.63, 3.8) is 0 Å². The van der Waals surface area contributed by atoms with Gasteiger partial charge in [-0.15, -0.1) is 0 Å². The first-order chi connectivity index (χ1) is 10.9. The minimum absolute atomic E-state index is 0.141. The number of amides is 1. The Kier molecular flexibility index (Phi) is 5.30. The molecule has 0 atom stereocenters. The maximum absolute atomic E-state index is 13.0. The number of nitrogens with one attached hydrogen (secondary N) is 2. The SMILES string of the molecule is Cc1ccc(NC(N)=NCC(=O)Nc2cccc(F)c2)cc1C. The zero-order valence-corrected chi connectivity index (χ0v) is 13.1. The van der Waals surface area contributed by atoms with Crippen molar-refractivity contribution in [3.8, 4) is 0 Å². The quantitative estimate of drug-likeness (QED) is 0.600. The first-order valence-corrected chi connectivity index (χ1v) is 7.13. The molecular formula is C17H19FN4O. The van der Waals surface area contributed by atoms with Crippen molar-refractivity contribution in [2.75, 3.05) is 17.2 Å². The fraction of sp³-hybridized carbons (Fsp3) is 0.176. The Labute approximate surface area is 134 Å². The van der Waals surface area contributed by atoms with Gasteiger partial charge in [-0.05, 0) is 55.3 Å². The monoisotopic (exact) mass is 314 g/mol. The van der Waals surface area contributed by atoms with Crippen molar-refractivity contribution < 1.29 is 9.18 Å². The number of guanidine groups is 1. The molecule has 0 aliphatic heterocycles. The van der Waals surface area contributed by atoms with Crippen LogP contribution in [0.5, 0.6) is 0 Å². The van der Waals surface area contributed by atoms with Gasteiger partial charge in [0.2, 0.25) is 5.91 Å². The second kappa shape index (κ2) is 7.40. The number of carbonyl (C=O) groups is 1. The summed E-state index contributed by atoms with van der Waals surface area (Å²) in [7, 11) is 0. The molecular weight excluding hydrogens is 295 g/mol. The van der Waals surface area contributed by atoms with Gasteiger partial charge < -0.3 is 16.4 Å². The highest BCUT2D eigenvalue weighted by atomic mass is 19.1. The van der Waals surface area contributed by atoms with E-state index in [1.165, 1.54) is 23.8 Å². The molecule has 0 aliphatic rings. The van der Waals surface area contributed by atoms with Gasteiger partial charge in [-0.3, -0.25) is 4.79 Å². The number of carbonyl (C=O) groups excluding carboxylic acids is 1. The van der Waals surface area contributed by atoms with Gasteiger partial charge in [0.1, 0.15) is 12.4 Å². The largest absolute Gasteiger partial charge is 0.370 e. The standard InChI is InChI=1S/C17H19FN4O/c1-11-6-7-15(8-12(11)2)22-17(19)20-10-16(23)21-14-5-3-4-13(18)9-14/h3-9H,10H2,1-2H3,(H,21,23)(H3,19,20,22). The molecule has 0 aromatic heterocycles. The van der Waals surface area contributed by atoms with Crippen LogP contribution in [-0.4, -0.2) is 18.4 Å². The van der Waals surface area contributed by atoms with Crippen molar-refractivity contribution in [2.45, 2.75) is 13.8 Å². The van der Waals surface area contributed by atoms with E-state index in [1.54, 1.807) is 6.07 Å². The number of nitrogens with zero attached hydrogens (tertiary/aromatic N) is 1. The topological polar surface area (TPSA) is 79.5 Å². The number of aryl methyl sites for hydroxylation is 2. The lowest BCUT2D eigenvalue weighted by Crippen LogP contribution is -2.25. The molecule has 1 amide bonds. The third-order valence-corrected chi connectivity index (χ3v) is 3.28. The molecule has 0 fully saturated rings. The zero-order chi connectivity index (χ0) is 16.8. The smallest absolute Gasteiger partial charge is 0.246 e. The Bertz CT molecular complexity index is 743. The molecule has 4 N–H and O–H groups in total. The highest BCUT2D eigenvalue weighted by molar-refractivity contribution is 5.97. The summed E-state index contributed by atoms with van der Waals surface area (Å²) in [4.78, 5) is 15.7. The molecule has 0 saturated heterocycles. The molecule has 120 valence electrons. The molecule has 0 saturated carbocycles. The van der Waals surface area contributed by atoms with Crippen LogP contribution in [0, 0.1) is 19.7 Å². The van der Waals surface area contributed by atoms with Crippen molar-refractivity contribution in [3.05, 3.63) is 59.4 Å². The minimum atomic E-state index is -0.415. The highest BCUT2D eigenvalue weighted by Gasteiger charge is 2.03. The van der Waals surface area contributed by atoms with Gasteiger partial charge in [-0.25, -0.2) is 9.38 Å². The van der Waals surface area contributed by atoms with Gasteiger partial charge in [0.15, 0.2) is 5.96 Å². The molecule has 0 unspecified atom stereocenters. The second-order valence-electron chi connectivity index (χ2n) is 5.18. The Balaban J connectivity index is 1.90. The highest BCUT2D eigenvalue weighted by Crippen LogP contribution is 2.13. The first kappa shape index (κ1) is 16.5. The van der Waals surface area contributed by atoms with E-state index < -0.39 is 5.82 Å². The molecule has 2 rings (SSSR count). The van der Waals surface area contributed by atoms with Crippen molar-refractivity contribution in [2.24, 2.45) is 10.7 Å². The van der Waals surface area contributed by atoms with E-state index >= 15 is 0 Å². The molecule has 0 aliphatic carbocycles. The molecule has 5 nitrogen and oxygen atoms in total. The van der Waals surface area contributed by atoms with Crippen molar-refractivity contribution >= 4 is 23.2 Å². The van der Waals surface area contributed by atoms with Gasteiger partial charge in [0.05, 0.1) is 0 Å². The summed E-state index contributed by atoms with van der Waals surface area (Å²) in [5.41, 5.74) is 9.26. The van der Waals surface area contributed by atoms with E-state index in [0.717, 1.165) is 11.3 Å². The molecule has 0 radical (unpaired) electrons. The average Bonchev–Trinajstić information content (AvgIpc) is 2.49. The number of anilines is 2. The molecule has 2 aromatic carbocycles. The number of nitrogens with two attached hydrogens (primary N) is 1. The third-order valence-electron chi connectivity index (χ3n) is 3.28. The number of rotatable bonds is 4. The van der Waals surface area contributed by atoms with Crippen LogP contribution < -0.4 is 16.4 Å². The normalized spacial score (nSPS) is 11.2. The van der Waals surface area contributed by atoms with Crippen LogP contribution in [0.2, 0.25) is 0 Å². The Hall–Kier alpha value is -2.89. The summed E-state index contributed by atoms with van der Waals surface area (Å²) in [6.07, 6.45) is 0. The molecule has 0 heterocycles. The Morgan fingerprint density at radius 1 is 1.09 bits per heavy atom. The molecule has 2 aromatic rings. The second-order valence-corrected chi connectivity index (χ2v) is 5.18. The van der Waals surface area contributed by atoms with Crippen LogP contribution >= 0.6 is 0 Å². The van der Waals surface area contributed by atoms with E-state index in [4.69, 9.17) is 5.73 Å². The number of halogens is 1.